The minimum atomic E-state index is -0.154. The predicted molar refractivity (Wildman–Crippen MR) is 135 cm³/mol. The number of allylic oxidation sites excluding steroid dienone is 1. The van der Waals surface area contributed by atoms with E-state index in [0.717, 1.165) is 47.6 Å². The zero-order valence-electron chi connectivity index (χ0n) is 19.7. The smallest absolute Gasteiger partial charge is 0.253 e. The lowest BCUT2D eigenvalue weighted by Crippen LogP contribution is -2.32. The molecule has 2 heterocycles. The standard InChI is InChI=1S/C26H27N5O3S/c1-33-20-10-6-17(7-11-20)14-19-4-3-5-22-24(19)30-31(23(32)15-35-26-27-16-28-29-26)25(22)18-8-12-21(34-2)13-9-18/h6-14,16,22,25H,3-5,15H2,1-2H3,(H,27,28,29)/b19-14-. The molecule has 5 rings (SSSR count). The van der Waals surface area contributed by atoms with E-state index in [4.69, 9.17) is 14.6 Å². The number of thioether (sulfide) groups is 1. The summed E-state index contributed by atoms with van der Waals surface area (Å²) in [4.78, 5) is 17.5. The number of nitrogens with one attached hydrogen (secondary N) is 1. The van der Waals surface area contributed by atoms with Gasteiger partial charge in [0, 0.05) is 5.92 Å². The molecule has 0 saturated heterocycles. The quantitative estimate of drug-likeness (QED) is 0.482. The van der Waals surface area contributed by atoms with Crippen molar-refractivity contribution in [3.8, 4) is 11.5 Å². The molecular weight excluding hydrogens is 462 g/mol. The van der Waals surface area contributed by atoms with Crippen LogP contribution in [0.1, 0.15) is 36.4 Å². The monoisotopic (exact) mass is 489 g/mol. The van der Waals surface area contributed by atoms with Crippen LogP contribution in [-0.2, 0) is 4.79 Å². The van der Waals surface area contributed by atoms with Crippen LogP contribution in [-0.4, -0.2) is 51.8 Å². The Kier molecular flexibility index (Phi) is 6.85. The summed E-state index contributed by atoms with van der Waals surface area (Å²) < 4.78 is 10.6. The summed E-state index contributed by atoms with van der Waals surface area (Å²) in [5, 5.41) is 13.9. The van der Waals surface area contributed by atoms with Crippen molar-refractivity contribution < 1.29 is 14.3 Å². The maximum Gasteiger partial charge on any atom is 0.253 e. The van der Waals surface area contributed by atoms with Crippen LogP contribution in [0.4, 0.5) is 0 Å². The number of nitrogens with zero attached hydrogens (tertiary/aromatic N) is 4. The lowest BCUT2D eigenvalue weighted by molar-refractivity contribution is -0.130. The largest absolute Gasteiger partial charge is 0.497 e. The van der Waals surface area contributed by atoms with Crippen molar-refractivity contribution in [2.75, 3.05) is 20.0 Å². The third-order valence-electron chi connectivity index (χ3n) is 6.40. The molecule has 0 bridgehead atoms. The Balaban J connectivity index is 1.46. The van der Waals surface area contributed by atoms with Crippen LogP contribution < -0.4 is 9.47 Å². The van der Waals surface area contributed by atoms with Gasteiger partial charge in [-0.15, -0.1) is 0 Å². The molecule has 1 fully saturated rings. The van der Waals surface area contributed by atoms with Crippen molar-refractivity contribution in [2.24, 2.45) is 11.0 Å². The summed E-state index contributed by atoms with van der Waals surface area (Å²) >= 11 is 1.33. The topological polar surface area (TPSA) is 92.7 Å². The minimum absolute atomic E-state index is 0.0575. The van der Waals surface area contributed by atoms with E-state index in [1.165, 1.54) is 23.7 Å². The second-order valence-electron chi connectivity index (χ2n) is 8.46. The van der Waals surface area contributed by atoms with Gasteiger partial charge >= 0.3 is 0 Å². The molecule has 1 N–H and O–H groups in total. The van der Waals surface area contributed by atoms with Gasteiger partial charge in [0.15, 0.2) is 5.16 Å². The molecule has 0 radical (unpaired) electrons. The minimum Gasteiger partial charge on any atom is -0.497 e. The molecular formula is C26H27N5O3S. The fourth-order valence-electron chi connectivity index (χ4n) is 4.70. The van der Waals surface area contributed by atoms with E-state index in [2.05, 4.69) is 21.3 Å². The summed E-state index contributed by atoms with van der Waals surface area (Å²) in [5.41, 5.74) is 4.34. The van der Waals surface area contributed by atoms with Crippen LogP contribution in [0.3, 0.4) is 0 Å². The number of carbonyl (C=O) groups is 1. The average molecular weight is 490 g/mol. The van der Waals surface area contributed by atoms with Gasteiger partial charge in [-0.25, -0.2) is 9.99 Å². The highest BCUT2D eigenvalue weighted by molar-refractivity contribution is 7.99. The summed E-state index contributed by atoms with van der Waals surface area (Å²) in [5.74, 6) is 1.92. The van der Waals surface area contributed by atoms with Crippen molar-refractivity contribution in [2.45, 2.75) is 30.5 Å². The first-order valence-corrected chi connectivity index (χ1v) is 12.5. The molecule has 3 aromatic rings. The molecule has 1 aromatic heterocycles. The third kappa shape index (κ3) is 4.95. The Morgan fingerprint density at radius 3 is 2.49 bits per heavy atom. The first-order valence-electron chi connectivity index (χ1n) is 11.5. The number of hydrogen-bond donors (Lipinski definition) is 1. The van der Waals surface area contributed by atoms with Crippen LogP contribution >= 0.6 is 11.8 Å². The van der Waals surface area contributed by atoms with Crippen molar-refractivity contribution >= 4 is 29.5 Å². The Labute approximate surface area is 208 Å². The first kappa shape index (κ1) is 23.2. The number of aromatic amines is 1. The van der Waals surface area contributed by atoms with Gasteiger partial charge in [0.2, 0.25) is 0 Å². The summed E-state index contributed by atoms with van der Waals surface area (Å²) in [6.45, 7) is 0. The number of aromatic nitrogens is 3. The zero-order chi connectivity index (χ0) is 24.2. The number of rotatable bonds is 7. The summed E-state index contributed by atoms with van der Waals surface area (Å²) in [6.07, 6.45) is 6.59. The summed E-state index contributed by atoms with van der Waals surface area (Å²) in [7, 11) is 3.32. The van der Waals surface area contributed by atoms with Crippen LogP contribution in [0.15, 0.2) is 70.7 Å². The van der Waals surface area contributed by atoms with Gasteiger partial charge in [-0.1, -0.05) is 36.0 Å². The Hall–Kier alpha value is -3.59. The number of fused-ring (bicyclic) bond motifs is 1. The second kappa shape index (κ2) is 10.4. The van der Waals surface area contributed by atoms with E-state index in [9.17, 15) is 4.79 Å². The number of carbonyl (C=O) groups excluding carboxylic acids is 1. The van der Waals surface area contributed by atoms with Crippen molar-refractivity contribution in [1.82, 2.24) is 20.2 Å². The first-order chi connectivity index (χ1) is 17.2. The summed E-state index contributed by atoms with van der Waals surface area (Å²) in [6, 6.07) is 15.8. The Bertz CT molecular complexity index is 1220. The predicted octanol–water partition coefficient (Wildman–Crippen LogP) is 4.74. The fourth-order valence-corrected chi connectivity index (χ4v) is 5.33. The van der Waals surface area contributed by atoms with Gasteiger partial charge in [0.25, 0.3) is 5.91 Å². The van der Waals surface area contributed by atoms with E-state index >= 15 is 0 Å². The van der Waals surface area contributed by atoms with E-state index in [0.29, 0.717) is 5.16 Å². The van der Waals surface area contributed by atoms with Crippen molar-refractivity contribution in [3.05, 3.63) is 71.6 Å². The molecule has 1 amide bonds. The van der Waals surface area contributed by atoms with Crippen molar-refractivity contribution in [3.63, 3.8) is 0 Å². The Morgan fingerprint density at radius 1 is 1.11 bits per heavy atom. The number of ether oxygens (including phenoxy) is 2. The molecule has 180 valence electrons. The van der Waals surface area contributed by atoms with E-state index in [1.807, 2.05) is 48.5 Å². The highest BCUT2D eigenvalue weighted by Gasteiger charge is 2.43. The van der Waals surface area contributed by atoms with Gasteiger partial charge in [-0.05, 0) is 66.3 Å². The molecule has 2 aromatic carbocycles. The molecule has 9 heteroatoms. The number of methoxy groups -OCH3 is 2. The normalized spacial score (nSPS) is 20.5. The highest BCUT2D eigenvalue weighted by atomic mass is 32.2. The number of amides is 1. The highest BCUT2D eigenvalue weighted by Crippen LogP contribution is 2.45. The van der Waals surface area contributed by atoms with Crippen molar-refractivity contribution in [1.29, 1.82) is 0 Å². The van der Waals surface area contributed by atoms with Gasteiger partial charge in [0.05, 0.1) is 31.7 Å². The number of hydrazone groups is 1. The lowest BCUT2D eigenvalue weighted by Gasteiger charge is -2.29. The molecule has 8 nitrogen and oxygen atoms in total. The van der Waals surface area contributed by atoms with E-state index in [-0.39, 0.29) is 23.6 Å². The molecule has 1 saturated carbocycles. The molecule has 2 atom stereocenters. The van der Waals surface area contributed by atoms with Gasteiger partial charge in [0.1, 0.15) is 17.8 Å². The van der Waals surface area contributed by atoms with Crippen LogP contribution in [0.2, 0.25) is 0 Å². The number of hydrogen-bond acceptors (Lipinski definition) is 7. The van der Waals surface area contributed by atoms with E-state index < -0.39 is 0 Å². The molecule has 2 unspecified atom stereocenters. The van der Waals surface area contributed by atoms with Gasteiger partial charge in [-0.2, -0.15) is 10.2 Å². The molecule has 2 aliphatic rings. The molecule has 35 heavy (non-hydrogen) atoms. The number of benzene rings is 2. The van der Waals surface area contributed by atoms with Crippen LogP contribution in [0.5, 0.6) is 11.5 Å². The lowest BCUT2D eigenvalue weighted by atomic mass is 9.77. The van der Waals surface area contributed by atoms with Crippen LogP contribution in [0.25, 0.3) is 6.08 Å². The molecule has 1 aliphatic heterocycles. The fraction of sp³-hybridized carbons (Fsp3) is 0.308. The molecule has 0 spiro atoms. The number of H-pyrrole nitrogens is 1. The second-order valence-corrected chi connectivity index (χ2v) is 9.43. The average Bonchev–Trinajstić information content (AvgIpc) is 3.56. The maximum absolute atomic E-state index is 13.4. The van der Waals surface area contributed by atoms with Crippen LogP contribution in [0, 0.1) is 5.92 Å². The third-order valence-corrected chi connectivity index (χ3v) is 7.26. The zero-order valence-corrected chi connectivity index (χ0v) is 20.5. The molecule has 1 aliphatic carbocycles. The van der Waals surface area contributed by atoms with Gasteiger partial charge < -0.3 is 9.47 Å². The van der Waals surface area contributed by atoms with Gasteiger partial charge in [-0.3, -0.25) is 9.89 Å². The maximum atomic E-state index is 13.4. The Morgan fingerprint density at radius 2 is 1.83 bits per heavy atom. The SMILES string of the molecule is COc1ccc(/C=C2/CCCC3C2=NN(C(=O)CSc2ncn[nH]2)C3c2ccc(OC)cc2)cc1. The van der Waals surface area contributed by atoms with E-state index in [1.54, 1.807) is 19.2 Å².